The van der Waals surface area contributed by atoms with Crippen molar-refractivity contribution >= 4 is 23.2 Å². The van der Waals surface area contributed by atoms with Gasteiger partial charge in [0, 0.05) is 6.04 Å². The number of hydrogen-bond donors (Lipinski definition) is 2. The number of nitrogens with zero attached hydrogens (tertiary/aromatic N) is 1. The number of hydrogen-bond acceptors (Lipinski definition) is 3. The van der Waals surface area contributed by atoms with Crippen molar-refractivity contribution in [1.82, 2.24) is 5.32 Å². The summed E-state index contributed by atoms with van der Waals surface area (Å²) in [7, 11) is 0. The van der Waals surface area contributed by atoms with Crippen molar-refractivity contribution in [2.45, 2.75) is 44.2 Å². The third kappa shape index (κ3) is 3.04. The molecule has 3 rings (SSSR count). The first-order valence-corrected chi connectivity index (χ1v) is 7.82. The number of fused-ring (bicyclic) bond motifs is 1. The Hall–Kier alpha value is -1.57. The number of halogens is 1. The molecule has 1 aromatic carbocycles. The van der Waals surface area contributed by atoms with E-state index >= 15 is 0 Å². The maximum absolute atomic E-state index is 12.4. The molecule has 1 amide bonds. The molecule has 1 saturated carbocycles. The summed E-state index contributed by atoms with van der Waals surface area (Å²) < 4.78 is 0. The smallest absolute Gasteiger partial charge is 0.241 e. The van der Waals surface area contributed by atoms with Crippen molar-refractivity contribution < 1.29 is 4.79 Å². The molecule has 1 aliphatic heterocycles. The maximum Gasteiger partial charge on any atom is 0.241 e. The Kier molecular flexibility index (Phi) is 4.14. The van der Waals surface area contributed by atoms with Gasteiger partial charge in [0.15, 0.2) is 0 Å². The van der Waals surface area contributed by atoms with E-state index in [0.29, 0.717) is 28.2 Å². The molecule has 2 fully saturated rings. The first-order chi connectivity index (χ1) is 10.2. The number of rotatable bonds is 2. The minimum atomic E-state index is -0.134. The lowest BCUT2D eigenvalue weighted by molar-refractivity contribution is -0.117. The number of carbonyl (C=O) groups is 1. The van der Waals surface area contributed by atoms with Crippen LogP contribution in [-0.2, 0) is 4.79 Å². The second kappa shape index (κ2) is 6.05. The predicted octanol–water partition coefficient (Wildman–Crippen LogP) is 3.07. The third-order valence-electron chi connectivity index (χ3n) is 4.54. The van der Waals surface area contributed by atoms with E-state index in [-0.39, 0.29) is 11.9 Å². The van der Waals surface area contributed by atoms with Crippen LogP contribution in [0.1, 0.15) is 37.7 Å². The Balaban J connectivity index is 1.66. The van der Waals surface area contributed by atoms with Crippen LogP contribution >= 0.6 is 11.6 Å². The molecule has 1 aliphatic carbocycles. The minimum Gasteiger partial charge on any atom is -0.323 e. The number of nitrogens with one attached hydrogen (secondary N) is 2. The van der Waals surface area contributed by atoms with Gasteiger partial charge in [0.25, 0.3) is 0 Å². The SMILES string of the molecule is N#Cc1ccc(NC(=O)C2CC3CCCCC3N2)c(Cl)c1. The van der Waals surface area contributed by atoms with Gasteiger partial charge in [-0.1, -0.05) is 24.4 Å². The van der Waals surface area contributed by atoms with Gasteiger partial charge in [-0.05, 0) is 43.4 Å². The maximum atomic E-state index is 12.4. The lowest BCUT2D eigenvalue weighted by Gasteiger charge is -2.24. The quantitative estimate of drug-likeness (QED) is 0.882. The van der Waals surface area contributed by atoms with Gasteiger partial charge in [-0.15, -0.1) is 0 Å². The molecule has 0 bridgehead atoms. The molecule has 3 atom stereocenters. The van der Waals surface area contributed by atoms with Crippen molar-refractivity contribution in [3.8, 4) is 6.07 Å². The molecular formula is C16H18ClN3O. The lowest BCUT2D eigenvalue weighted by Crippen LogP contribution is -2.39. The highest BCUT2D eigenvalue weighted by Crippen LogP contribution is 2.33. The molecule has 4 nitrogen and oxygen atoms in total. The molecule has 1 heterocycles. The van der Waals surface area contributed by atoms with Gasteiger partial charge in [0.05, 0.1) is 28.4 Å². The lowest BCUT2D eigenvalue weighted by atomic mass is 9.85. The van der Waals surface area contributed by atoms with E-state index < -0.39 is 0 Å². The Labute approximate surface area is 129 Å². The Bertz CT molecular complexity index is 582. The summed E-state index contributed by atoms with van der Waals surface area (Å²) in [6.45, 7) is 0. The molecule has 1 aromatic rings. The van der Waals surface area contributed by atoms with Gasteiger partial charge in [-0.25, -0.2) is 0 Å². The first-order valence-electron chi connectivity index (χ1n) is 7.44. The van der Waals surface area contributed by atoms with E-state index in [0.717, 1.165) is 6.42 Å². The molecular weight excluding hydrogens is 286 g/mol. The summed E-state index contributed by atoms with van der Waals surface area (Å²) in [5.74, 6) is 0.599. The zero-order valence-corrected chi connectivity index (χ0v) is 12.5. The molecule has 3 unspecified atom stereocenters. The molecule has 2 aliphatic rings. The van der Waals surface area contributed by atoms with Crippen molar-refractivity contribution in [2.24, 2.45) is 5.92 Å². The van der Waals surface area contributed by atoms with Gasteiger partial charge in [0.2, 0.25) is 5.91 Å². The highest BCUT2D eigenvalue weighted by Gasteiger charge is 2.38. The Morgan fingerprint density at radius 2 is 2.19 bits per heavy atom. The number of anilines is 1. The van der Waals surface area contributed by atoms with Gasteiger partial charge in [0.1, 0.15) is 0 Å². The summed E-state index contributed by atoms with van der Waals surface area (Å²) in [4.78, 5) is 12.4. The normalized spacial score (nSPS) is 27.7. The highest BCUT2D eigenvalue weighted by molar-refractivity contribution is 6.33. The van der Waals surface area contributed by atoms with Crippen LogP contribution in [0.15, 0.2) is 18.2 Å². The molecule has 0 radical (unpaired) electrons. The molecule has 110 valence electrons. The van der Waals surface area contributed by atoms with E-state index in [9.17, 15) is 4.79 Å². The summed E-state index contributed by atoms with van der Waals surface area (Å²) in [6, 6.07) is 7.29. The second-order valence-electron chi connectivity index (χ2n) is 5.90. The van der Waals surface area contributed by atoms with Gasteiger partial charge in [-0.3, -0.25) is 4.79 Å². The van der Waals surface area contributed by atoms with E-state index in [4.69, 9.17) is 16.9 Å². The van der Waals surface area contributed by atoms with Crippen LogP contribution in [0.4, 0.5) is 5.69 Å². The number of amides is 1. The average Bonchev–Trinajstić information content (AvgIpc) is 2.93. The van der Waals surface area contributed by atoms with E-state index in [1.54, 1.807) is 18.2 Å². The number of benzene rings is 1. The molecule has 5 heteroatoms. The summed E-state index contributed by atoms with van der Waals surface area (Å²) in [6.07, 6.45) is 5.83. The zero-order valence-electron chi connectivity index (χ0n) is 11.7. The van der Waals surface area contributed by atoms with E-state index in [2.05, 4.69) is 10.6 Å². The van der Waals surface area contributed by atoms with E-state index in [1.807, 2.05) is 6.07 Å². The van der Waals surface area contributed by atoms with Gasteiger partial charge in [-0.2, -0.15) is 5.26 Å². The van der Waals surface area contributed by atoms with Crippen molar-refractivity contribution in [1.29, 1.82) is 5.26 Å². The predicted molar refractivity (Wildman–Crippen MR) is 82.1 cm³/mol. The summed E-state index contributed by atoms with van der Waals surface area (Å²) in [5, 5.41) is 15.5. The highest BCUT2D eigenvalue weighted by atomic mass is 35.5. The summed E-state index contributed by atoms with van der Waals surface area (Å²) in [5.41, 5.74) is 1.06. The average molecular weight is 304 g/mol. The zero-order chi connectivity index (χ0) is 14.8. The number of nitriles is 1. The van der Waals surface area contributed by atoms with Gasteiger partial charge < -0.3 is 10.6 Å². The molecule has 21 heavy (non-hydrogen) atoms. The van der Waals surface area contributed by atoms with Crippen LogP contribution < -0.4 is 10.6 Å². The topological polar surface area (TPSA) is 64.9 Å². The second-order valence-corrected chi connectivity index (χ2v) is 6.31. The summed E-state index contributed by atoms with van der Waals surface area (Å²) >= 11 is 6.09. The van der Waals surface area contributed by atoms with E-state index in [1.165, 1.54) is 25.7 Å². The fraction of sp³-hybridized carbons (Fsp3) is 0.500. The Morgan fingerprint density at radius 3 is 2.90 bits per heavy atom. The fourth-order valence-electron chi connectivity index (χ4n) is 3.43. The van der Waals surface area contributed by atoms with Crippen molar-refractivity contribution in [3.05, 3.63) is 28.8 Å². The molecule has 0 aromatic heterocycles. The minimum absolute atomic E-state index is 0.0315. The first kappa shape index (κ1) is 14.4. The molecule has 2 N–H and O–H groups in total. The van der Waals surface area contributed by atoms with Crippen molar-refractivity contribution in [2.75, 3.05) is 5.32 Å². The van der Waals surface area contributed by atoms with Crippen LogP contribution in [0, 0.1) is 17.2 Å². The van der Waals surface area contributed by atoms with Crippen molar-refractivity contribution in [3.63, 3.8) is 0 Å². The van der Waals surface area contributed by atoms with Gasteiger partial charge >= 0.3 is 0 Å². The van der Waals surface area contributed by atoms with Crippen LogP contribution in [0.25, 0.3) is 0 Å². The standard InChI is InChI=1S/C16H18ClN3O/c17-12-7-10(9-18)5-6-14(12)20-16(21)15-8-11-3-1-2-4-13(11)19-15/h5-7,11,13,15,19H,1-4,8H2,(H,20,21). The number of carbonyl (C=O) groups excluding carboxylic acids is 1. The third-order valence-corrected chi connectivity index (χ3v) is 4.85. The largest absolute Gasteiger partial charge is 0.323 e. The molecule has 1 saturated heterocycles. The van der Waals surface area contributed by atoms with Crippen LogP contribution in [0.2, 0.25) is 5.02 Å². The molecule has 0 spiro atoms. The monoisotopic (exact) mass is 303 g/mol. The van der Waals surface area contributed by atoms with Crippen LogP contribution in [0.5, 0.6) is 0 Å². The van der Waals surface area contributed by atoms with Crippen LogP contribution in [0.3, 0.4) is 0 Å². The van der Waals surface area contributed by atoms with Crippen LogP contribution in [-0.4, -0.2) is 18.0 Å². The fourth-order valence-corrected chi connectivity index (χ4v) is 3.65. The Morgan fingerprint density at radius 1 is 1.38 bits per heavy atom.